The van der Waals surface area contributed by atoms with Gasteiger partial charge in [-0.05, 0) is 77.1 Å². The minimum Gasteiger partial charge on any atom is -0.481 e. The lowest BCUT2D eigenvalue weighted by atomic mass is 9.67. The fourth-order valence-corrected chi connectivity index (χ4v) is 8.24. The van der Waals surface area contributed by atoms with Crippen LogP contribution in [0.2, 0.25) is 0 Å². The molecule has 0 bridgehead atoms. The van der Waals surface area contributed by atoms with Crippen molar-refractivity contribution >= 4 is 23.5 Å². The minimum absolute atomic E-state index is 0.0394. The van der Waals surface area contributed by atoms with Crippen LogP contribution in [0.1, 0.15) is 67.0 Å². The van der Waals surface area contributed by atoms with E-state index < -0.39 is 41.0 Å². The van der Waals surface area contributed by atoms with E-state index in [0.717, 1.165) is 23.1 Å². The number of allylic oxidation sites excluding steroid dienone is 2. The van der Waals surface area contributed by atoms with Gasteiger partial charge < -0.3 is 10.2 Å². The van der Waals surface area contributed by atoms with Crippen LogP contribution in [0.3, 0.4) is 0 Å². The Morgan fingerprint density at radius 3 is 1.77 bits per heavy atom. The molecule has 0 spiro atoms. The Morgan fingerprint density at radius 2 is 1.29 bits per heavy atom. The summed E-state index contributed by atoms with van der Waals surface area (Å²) in [7, 11) is 0. The first-order chi connectivity index (χ1) is 23.1. The molecule has 6 rings (SSSR count). The molecule has 6 heteroatoms. The monoisotopic (exact) mass is 640 g/mol. The van der Waals surface area contributed by atoms with E-state index in [0.29, 0.717) is 5.57 Å². The Labute approximate surface area is 281 Å². The summed E-state index contributed by atoms with van der Waals surface area (Å²) in [6.45, 7) is 5.20. The molecule has 4 atom stereocenters. The van der Waals surface area contributed by atoms with Crippen molar-refractivity contribution in [2.24, 2.45) is 23.7 Å². The molecule has 0 radical (unpaired) electrons. The Morgan fingerprint density at radius 1 is 0.771 bits per heavy atom. The molecule has 2 N–H and O–H groups in total. The van der Waals surface area contributed by atoms with Crippen LogP contribution in [0.25, 0.3) is 11.1 Å². The maximum Gasteiger partial charge on any atom is 0.307 e. The second-order valence-electron chi connectivity index (χ2n) is 13.3. The zero-order valence-electron chi connectivity index (χ0n) is 27.5. The van der Waals surface area contributed by atoms with Gasteiger partial charge in [0.05, 0.1) is 23.7 Å². The Kier molecular flexibility index (Phi) is 9.02. The SMILES string of the molecule is CCc1ccc(C2(c3ccc(CC(=O)C4C(C)=CC(C(CC(=O)O)C(C)=O)CC4C(=O)O)cc3)c3ccccc3-c3ccccc32)cc1. The molecule has 0 saturated carbocycles. The molecule has 0 aliphatic heterocycles. The van der Waals surface area contributed by atoms with Gasteiger partial charge in [-0.1, -0.05) is 116 Å². The van der Waals surface area contributed by atoms with Crippen molar-refractivity contribution in [2.45, 2.75) is 51.9 Å². The number of aliphatic carboxylic acids is 2. The van der Waals surface area contributed by atoms with Crippen LogP contribution in [0.4, 0.5) is 0 Å². The highest BCUT2D eigenvalue weighted by atomic mass is 16.4. The first-order valence-electron chi connectivity index (χ1n) is 16.6. The average Bonchev–Trinajstić information content (AvgIpc) is 3.38. The highest BCUT2D eigenvalue weighted by Gasteiger charge is 2.46. The summed E-state index contributed by atoms with van der Waals surface area (Å²) in [6, 6.07) is 34.0. The standard InChI is InChI=1S/C42H40O6/c1-4-27-13-17-30(18-14-27)42(36-11-7-5-9-32(36)33-10-6-8-12-37(33)42)31-19-15-28(16-20-31)22-38(44)40-25(2)21-29(23-35(40)41(47)48)34(26(3)43)24-39(45)46/h5-21,29,34-35,40H,4,22-24H2,1-3H3,(H,45,46)(H,47,48). The van der Waals surface area contributed by atoms with Crippen LogP contribution in [0.5, 0.6) is 0 Å². The van der Waals surface area contributed by atoms with Crippen molar-refractivity contribution in [3.05, 3.63) is 142 Å². The summed E-state index contributed by atoms with van der Waals surface area (Å²) >= 11 is 0. The summed E-state index contributed by atoms with van der Waals surface area (Å²) in [5.74, 6) is -6.01. The Balaban J connectivity index is 1.35. The molecule has 244 valence electrons. The zero-order valence-corrected chi connectivity index (χ0v) is 27.5. The van der Waals surface area contributed by atoms with Gasteiger partial charge in [0.2, 0.25) is 0 Å². The first kappa shape index (κ1) is 32.8. The third kappa shape index (κ3) is 5.70. The summed E-state index contributed by atoms with van der Waals surface area (Å²) in [4.78, 5) is 50.0. The van der Waals surface area contributed by atoms with E-state index in [-0.39, 0.29) is 30.8 Å². The van der Waals surface area contributed by atoms with Gasteiger partial charge in [0.15, 0.2) is 0 Å². The molecule has 0 heterocycles. The highest BCUT2D eigenvalue weighted by Crippen LogP contribution is 2.56. The number of benzene rings is 4. The molecule has 4 aromatic rings. The lowest BCUT2D eigenvalue weighted by Gasteiger charge is -2.35. The van der Waals surface area contributed by atoms with Crippen LogP contribution in [-0.2, 0) is 37.4 Å². The second-order valence-corrected chi connectivity index (χ2v) is 13.3. The molecular formula is C42H40O6. The number of Topliss-reactive ketones (excluding diaryl/α,β-unsaturated/α-hetero) is 2. The topological polar surface area (TPSA) is 109 Å². The Hall–Kier alpha value is -5.10. The number of carbonyl (C=O) groups excluding carboxylic acids is 2. The van der Waals surface area contributed by atoms with E-state index in [9.17, 15) is 29.4 Å². The molecule has 2 aliphatic rings. The molecule has 0 saturated heterocycles. The molecule has 0 amide bonds. The third-order valence-electron chi connectivity index (χ3n) is 10.5. The average molecular weight is 641 g/mol. The van der Waals surface area contributed by atoms with E-state index in [1.54, 1.807) is 13.0 Å². The Bertz CT molecular complexity index is 1870. The number of ketones is 2. The largest absolute Gasteiger partial charge is 0.481 e. The number of fused-ring (bicyclic) bond motifs is 3. The van der Waals surface area contributed by atoms with E-state index in [2.05, 4.69) is 91.9 Å². The van der Waals surface area contributed by atoms with Crippen molar-refractivity contribution in [1.29, 1.82) is 0 Å². The van der Waals surface area contributed by atoms with Gasteiger partial charge in [-0.2, -0.15) is 0 Å². The van der Waals surface area contributed by atoms with Gasteiger partial charge in [0, 0.05) is 12.3 Å². The highest BCUT2D eigenvalue weighted by molar-refractivity contribution is 5.91. The molecular weight excluding hydrogens is 600 g/mol. The third-order valence-corrected chi connectivity index (χ3v) is 10.5. The first-order valence-corrected chi connectivity index (χ1v) is 16.6. The van der Waals surface area contributed by atoms with Crippen LogP contribution in [0, 0.1) is 23.7 Å². The van der Waals surface area contributed by atoms with Crippen LogP contribution >= 0.6 is 0 Å². The van der Waals surface area contributed by atoms with Crippen LogP contribution in [0.15, 0.2) is 109 Å². The van der Waals surface area contributed by atoms with Gasteiger partial charge in [0.25, 0.3) is 0 Å². The van der Waals surface area contributed by atoms with Gasteiger partial charge >= 0.3 is 11.9 Å². The van der Waals surface area contributed by atoms with Gasteiger partial charge in [-0.3, -0.25) is 19.2 Å². The summed E-state index contributed by atoms with van der Waals surface area (Å²) in [5.41, 5.74) is 9.09. The van der Waals surface area contributed by atoms with Crippen molar-refractivity contribution in [1.82, 2.24) is 0 Å². The number of carbonyl (C=O) groups is 4. The maximum atomic E-state index is 13.8. The summed E-state index contributed by atoms with van der Waals surface area (Å²) in [6.07, 6.45) is 2.42. The van der Waals surface area contributed by atoms with Crippen molar-refractivity contribution < 1.29 is 29.4 Å². The number of aryl methyl sites for hydroxylation is 1. The molecule has 6 nitrogen and oxygen atoms in total. The minimum atomic E-state index is -1.12. The van der Waals surface area contributed by atoms with Gasteiger partial charge in [-0.25, -0.2) is 0 Å². The predicted octanol–water partition coefficient (Wildman–Crippen LogP) is 7.69. The molecule has 0 aromatic heterocycles. The second kappa shape index (κ2) is 13.2. The molecule has 0 fully saturated rings. The summed E-state index contributed by atoms with van der Waals surface area (Å²) in [5, 5.41) is 19.5. The van der Waals surface area contributed by atoms with E-state index >= 15 is 0 Å². The smallest absolute Gasteiger partial charge is 0.307 e. The van der Waals surface area contributed by atoms with Gasteiger partial charge in [0.1, 0.15) is 11.6 Å². The molecule has 2 aliphatic carbocycles. The zero-order chi connectivity index (χ0) is 34.2. The van der Waals surface area contributed by atoms with Crippen molar-refractivity contribution in [2.75, 3.05) is 0 Å². The normalized spacial score (nSPS) is 19.8. The fourth-order valence-electron chi connectivity index (χ4n) is 8.24. The quantitative estimate of drug-likeness (QED) is 0.143. The van der Waals surface area contributed by atoms with Crippen LogP contribution in [-0.4, -0.2) is 33.7 Å². The van der Waals surface area contributed by atoms with E-state index in [1.165, 1.54) is 34.7 Å². The van der Waals surface area contributed by atoms with Crippen molar-refractivity contribution in [3.63, 3.8) is 0 Å². The van der Waals surface area contributed by atoms with E-state index in [4.69, 9.17) is 0 Å². The van der Waals surface area contributed by atoms with E-state index in [1.807, 2.05) is 12.1 Å². The maximum absolute atomic E-state index is 13.8. The number of rotatable bonds is 11. The van der Waals surface area contributed by atoms with Crippen LogP contribution < -0.4 is 0 Å². The number of carboxylic acid groups (broad SMARTS) is 2. The number of hydrogen-bond acceptors (Lipinski definition) is 4. The predicted molar refractivity (Wildman–Crippen MR) is 185 cm³/mol. The van der Waals surface area contributed by atoms with Gasteiger partial charge in [-0.15, -0.1) is 0 Å². The number of hydrogen-bond donors (Lipinski definition) is 2. The molecule has 48 heavy (non-hydrogen) atoms. The fraction of sp³-hybridized carbons (Fsp3) is 0.286. The number of carboxylic acids is 2. The lowest BCUT2D eigenvalue weighted by Crippen LogP contribution is -2.39. The lowest BCUT2D eigenvalue weighted by molar-refractivity contribution is -0.147. The molecule has 4 unspecified atom stereocenters. The van der Waals surface area contributed by atoms with Crippen molar-refractivity contribution in [3.8, 4) is 11.1 Å². The molecule has 4 aromatic carbocycles. The summed E-state index contributed by atoms with van der Waals surface area (Å²) < 4.78 is 0.